The van der Waals surface area contributed by atoms with E-state index in [0.29, 0.717) is 17.9 Å². The molecular formula is C21H18F3N3O2. The zero-order valence-electron chi connectivity index (χ0n) is 15.6. The van der Waals surface area contributed by atoms with Gasteiger partial charge >= 0.3 is 6.18 Å². The topological polar surface area (TPSA) is 59.2 Å². The number of anilines is 1. The van der Waals surface area contributed by atoms with Gasteiger partial charge in [0.15, 0.2) is 5.82 Å². The Morgan fingerprint density at radius 3 is 2.41 bits per heavy atom. The summed E-state index contributed by atoms with van der Waals surface area (Å²) in [5.41, 5.74) is 1.66. The molecule has 1 fully saturated rings. The maximum absolute atomic E-state index is 12.7. The molecule has 3 aromatic rings. The fourth-order valence-electron chi connectivity index (χ4n) is 3.36. The zero-order chi connectivity index (χ0) is 20.6. The number of aryl methyl sites for hydroxylation is 1. The maximum atomic E-state index is 12.7. The van der Waals surface area contributed by atoms with E-state index in [1.165, 1.54) is 17.7 Å². The van der Waals surface area contributed by atoms with Gasteiger partial charge < -0.3 is 9.42 Å². The molecule has 1 aliphatic heterocycles. The lowest BCUT2D eigenvalue weighted by atomic mass is 10.1. The second-order valence-corrected chi connectivity index (χ2v) is 6.96. The van der Waals surface area contributed by atoms with Gasteiger partial charge in [-0.25, -0.2) is 0 Å². The van der Waals surface area contributed by atoms with Crippen LogP contribution < -0.4 is 4.90 Å². The Labute approximate surface area is 165 Å². The van der Waals surface area contributed by atoms with Crippen molar-refractivity contribution in [1.82, 2.24) is 10.1 Å². The Hall–Kier alpha value is -3.16. The molecule has 1 aliphatic rings. The van der Waals surface area contributed by atoms with Gasteiger partial charge in [0.05, 0.1) is 5.56 Å². The summed E-state index contributed by atoms with van der Waals surface area (Å²) < 4.78 is 43.3. The summed E-state index contributed by atoms with van der Waals surface area (Å²) in [6, 6.07) is 12.4. The molecule has 29 heavy (non-hydrogen) atoms. The first-order valence-corrected chi connectivity index (χ1v) is 9.25. The first-order chi connectivity index (χ1) is 13.8. The summed E-state index contributed by atoms with van der Waals surface area (Å²) in [7, 11) is 0. The number of hydrogen-bond acceptors (Lipinski definition) is 4. The highest BCUT2D eigenvalue weighted by Crippen LogP contribution is 2.33. The molecule has 1 unspecified atom stereocenters. The number of aromatic nitrogens is 2. The maximum Gasteiger partial charge on any atom is 0.416 e. The Morgan fingerprint density at radius 1 is 1.10 bits per heavy atom. The van der Waals surface area contributed by atoms with Crippen molar-refractivity contribution in [3.05, 3.63) is 65.5 Å². The Bertz CT molecular complexity index is 1010. The summed E-state index contributed by atoms with van der Waals surface area (Å²) in [5.74, 6) is 0.244. The van der Waals surface area contributed by atoms with Crippen LogP contribution in [-0.2, 0) is 17.4 Å². The van der Waals surface area contributed by atoms with Crippen molar-refractivity contribution in [3.63, 3.8) is 0 Å². The van der Waals surface area contributed by atoms with Crippen molar-refractivity contribution in [3.8, 4) is 11.5 Å². The Kier molecular flexibility index (Phi) is 4.86. The van der Waals surface area contributed by atoms with Gasteiger partial charge in [-0.3, -0.25) is 4.79 Å². The molecule has 0 saturated carbocycles. The number of amides is 1. The fourth-order valence-corrected chi connectivity index (χ4v) is 3.36. The Morgan fingerprint density at radius 2 is 1.79 bits per heavy atom. The minimum Gasteiger partial charge on any atom is -0.334 e. The number of hydrogen-bond donors (Lipinski definition) is 0. The van der Waals surface area contributed by atoms with Gasteiger partial charge in [-0.15, -0.1) is 0 Å². The highest BCUT2D eigenvalue weighted by atomic mass is 19.4. The summed E-state index contributed by atoms with van der Waals surface area (Å²) in [6.07, 6.45) is -3.23. The van der Waals surface area contributed by atoms with Gasteiger partial charge in [-0.05, 0) is 48.4 Å². The van der Waals surface area contributed by atoms with E-state index in [-0.39, 0.29) is 24.1 Å². The number of rotatable bonds is 4. The number of alkyl halides is 3. The van der Waals surface area contributed by atoms with Gasteiger partial charge in [-0.2, -0.15) is 18.2 Å². The van der Waals surface area contributed by atoms with Crippen LogP contribution in [0, 0.1) is 0 Å². The van der Waals surface area contributed by atoms with E-state index >= 15 is 0 Å². The molecule has 8 heteroatoms. The molecule has 1 atom stereocenters. The monoisotopic (exact) mass is 401 g/mol. The third-order valence-corrected chi connectivity index (χ3v) is 5.05. The standard InChI is InChI=1S/C21H18F3N3O2/c1-2-13-3-9-17(10-4-13)27-12-15(11-18(27)28)19-25-20(29-26-19)14-5-7-16(8-6-14)21(22,23)24/h3-10,15H,2,11-12H2,1H3. The van der Waals surface area contributed by atoms with Crippen molar-refractivity contribution >= 4 is 11.6 Å². The van der Waals surface area contributed by atoms with E-state index in [0.717, 1.165) is 24.2 Å². The van der Waals surface area contributed by atoms with E-state index in [1.54, 1.807) is 4.90 Å². The minimum atomic E-state index is -4.40. The lowest BCUT2D eigenvalue weighted by molar-refractivity contribution is -0.137. The summed E-state index contributed by atoms with van der Waals surface area (Å²) in [4.78, 5) is 18.5. The minimum absolute atomic E-state index is 0.0277. The average Bonchev–Trinajstić information content (AvgIpc) is 3.34. The molecular weight excluding hydrogens is 383 g/mol. The summed E-state index contributed by atoms with van der Waals surface area (Å²) in [5, 5.41) is 3.95. The third kappa shape index (κ3) is 3.87. The average molecular weight is 401 g/mol. The van der Waals surface area contributed by atoms with E-state index < -0.39 is 11.7 Å². The van der Waals surface area contributed by atoms with Crippen LogP contribution >= 0.6 is 0 Å². The second kappa shape index (κ2) is 7.35. The van der Waals surface area contributed by atoms with Crippen LogP contribution in [-0.4, -0.2) is 22.6 Å². The molecule has 2 aromatic carbocycles. The van der Waals surface area contributed by atoms with E-state index in [9.17, 15) is 18.0 Å². The predicted molar refractivity (Wildman–Crippen MR) is 100 cm³/mol. The largest absolute Gasteiger partial charge is 0.416 e. The van der Waals surface area contributed by atoms with Crippen molar-refractivity contribution < 1.29 is 22.5 Å². The number of nitrogens with zero attached hydrogens (tertiary/aromatic N) is 3. The van der Waals surface area contributed by atoms with Crippen LogP contribution in [0.5, 0.6) is 0 Å². The van der Waals surface area contributed by atoms with Gasteiger partial charge in [0.25, 0.3) is 5.89 Å². The molecule has 0 bridgehead atoms. The normalized spacial score (nSPS) is 17.2. The van der Waals surface area contributed by atoms with E-state index in [4.69, 9.17) is 4.52 Å². The molecule has 4 rings (SSSR count). The lowest BCUT2D eigenvalue weighted by Crippen LogP contribution is -2.24. The number of halogens is 3. The molecule has 0 aliphatic carbocycles. The SMILES string of the molecule is CCc1ccc(N2CC(c3noc(-c4ccc(C(F)(F)F)cc4)n3)CC2=O)cc1. The highest BCUT2D eigenvalue weighted by molar-refractivity contribution is 5.96. The van der Waals surface area contributed by atoms with Crippen molar-refractivity contribution in [2.45, 2.75) is 31.9 Å². The summed E-state index contributed by atoms with van der Waals surface area (Å²) in [6.45, 7) is 2.49. The van der Waals surface area contributed by atoms with Gasteiger partial charge in [0.2, 0.25) is 5.91 Å². The molecule has 1 saturated heterocycles. The van der Waals surface area contributed by atoms with Crippen molar-refractivity contribution in [1.29, 1.82) is 0 Å². The van der Waals surface area contributed by atoms with Crippen LogP contribution in [0.25, 0.3) is 11.5 Å². The predicted octanol–water partition coefficient (Wildman–Crippen LogP) is 4.84. The van der Waals surface area contributed by atoms with Gasteiger partial charge in [0.1, 0.15) is 0 Å². The smallest absolute Gasteiger partial charge is 0.334 e. The van der Waals surface area contributed by atoms with Crippen LogP contribution in [0.3, 0.4) is 0 Å². The molecule has 0 spiro atoms. The van der Waals surface area contributed by atoms with Crippen LogP contribution in [0.1, 0.15) is 36.2 Å². The number of carbonyl (C=O) groups is 1. The van der Waals surface area contributed by atoms with Gasteiger partial charge in [0, 0.05) is 30.1 Å². The van der Waals surface area contributed by atoms with Crippen LogP contribution in [0.2, 0.25) is 0 Å². The molecule has 150 valence electrons. The zero-order valence-corrected chi connectivity index (χ0v) is 15.6. The molecule has 5 nitrogen and oxygen atoms in total. The third-order valence-electron chi connectivity index (χ3n) is 5.05. The van der Waals surface area contributed by atoms with Gasteiger partial charge in [-0.1, -0.05) is 24.2 Å². The molecule has 1 amide bonds. The van der Waals surface area contributed by atoms with E-state index in [1.807, 2.05) is 24.3 Å². The Balaban J connectivity index is 1.50. The second-order valence-electron chi connectivity index (χ2n) is 6.96. The van der Waals surface area contributed by atoms with Crippen molar-refractivity contribution in [2.75, 3.05) is 11.4 Å². The first-order valence-electron chi connectivity index (χ1n) is 9.25. The molecule has 2 heterocycles. The number of benzene rings is 2. The van der Waals surface area contributed by atoms with Crippen molar-refractivity contribution in [2.24, 2.45) is 0 Å². The fraction of sp³-hybridized carbons (Fsp3) is 0.286. The first kappa shape index (κ1) is 19.2. The highest BCUT2D eigenvalue weighted by Gasteiger charge is 2.35. The molecule has 0 radical (unpaired) electrons. The molecule has 1 aromatic heterocycles. The van der Waals surface area contributed by atoms with Crippen LogP contribution in [0.15, 0.2) is 53.1 Å². The summed E-state index contributed by atoms with van der Waals surface area (Å²) >= 11 is 0. The molecule has 0 N–H and O–H groups in total. The number of carbonyl (C=O) groups excluding carboxylic acids is 1. The van der Waals surface area contributed by atoms with Crippen LogP contribution in [0.4, 0.5) is 18.9 Å². The lowest BCUT2D eigenvalue weighted by Gasteiger charge is -2.16. The quantitative estimate of drug-likeness (QED) is 0.628. The van der Waals surface area contributed by atoms with E-state index in [2.05, 4.69) is 17.1 Å².